The molecule has 0 atom stereocenters. The lowest BCUT2D eigenvalue weighted by Gasteiger charge is -2.01. The Morgan fingerprint density at radius 1 is 1.62 bits per heavy atom. The molecular weight excluding hydrogens is 100 g/mol. The van der Waals surface area contributed by atoms with E-state index < -0.39 is 0 Å². The van der Waals surface area contributed by atoms with Crippen molar-refractivity contribution in [1.29, 1.82) is 0 Å². The van der Waals surface area contributed by atoms with E-state index in [1.54, 1.807) is 6.08 Å². The first-order valence-electron chi connectivity index (χ1n) is 2.83. The van der Waals surface area contributed by atoms with E-state index in [1.807, 2.05) is 19.9 Å². The summed E-state index contributed by atoms with van der Waals surface area (Å²) in [4.78, 5) is 0. The van der Waals surface area contributed by atoms with Crippen LogP contribution in [0.15, 0.2) is 12.2 Å². The number of allylic oxidation sites excluding steroid dienone is 1. The Labute approximate surface area is 51.4 Å². The van der Waals surface area contributed by atoms with Crippen LogP contribution in [0.4, 0.5) is 0 Å². The van der Waals surface area contributed by atoms with E-state index in [9.17, 15) is 0 Å². The van der Waals surface area contributed by atoms with Gasteiger partial charge in [0.25, 0.3) is 0 Å². The second kappa shape index (κ2) is 4.85. The minimum atomic E-state index is 0.325. The molecule has 0 rings (SSSR count). The largest absolute Gasteiger partial charge is 0.375 e. The van der Waals surface area contributed by atoms with Gasteiger partial charge in [-0.25, -0.2) is 0 Å². The van der Waals surface area contributed by atoms with Gasteiger partial charge in [-0.1, -0.05) is 12.2 Å². The van der Waals surface area contributed by atoms with Gasteiger partial charge in [0.05, 0.1) is 12.7 Å². The molecule has 0 saturated carbocycles. The molecule has 0 bridgehead atoms. The van der Waals surface area contributed by atoms with Gasteiger partial charge in [0.2, 0.25) is 0 Å². The van der Waals surface area contributed by atoms with Gasteiger partial charge < -0.3 is 4.74 Å². The number of hydrogen-bond acceptors (Lipinski definition) is 1. The summed E-state index contributed by atoms with van der Waals surface area (Å²) in [6.45, 7) is 8.23. The van der Waals surface area contributed by atoms with E-state index in [-0.39, 0.29) is 0 Å². The molecule has 1 heteroatoms. The molecular formula is C7H13O. The Morgan fingerprint density at radius 3 is 2.62 bits per heavy atom. The van der Waals surface area contributed by atoms with Crippen molar-refractivity contribution in [1.82, 2.24) is 0 Å². The summed E-state index contributed by atoms with van der Waals surface area (Å²) in [7, 11) is 0. The third-order valence-corrected chi connectivity index (χ3v) is 0.692. The fourth-order valence-corrected chi connectivity index (χ4v) is 0.316. The highest BCUT2D eigenvalue weighted by Crippen LogP contribution is 1.86. The molecule has 0 N–H and O–H groups in total. The van der Waals surface area contributed by atoms with Crippen LogP contribution >= 0.6 is 0 Å². The number of hydrogen-bond donors (Lipinski definition) is 0. The third kappa shape index (κ3) is 5.70. The van der Waals surface area contributed by atoms with Crippen molar-refractivity contribution in [3.05, 3.63) is 19.1 Å². The molecule has 1 radical (unpaired) electrons. The van der Waals surface area contributed by atoms with E-state index >= 15 is 0 Å². The third-order valence-electron chi connectivity index (χ3n) is 0.692. The van der Waals surface area contributed by atoms with E-state index in [2.05, 4.69) is 6.92 Å². The fourth-order valence-electron chi connectivity index (χ4n) is 0.316. The van der Waals surface area contributed by atoms with Crippen molar-refractivity contribution in [3.63, 3.8) is 0 Å². The predicted molar refractivity (Wildman–Crippen MR) is 35.6 cm³/mol. The van der Waals surface area contributed by atoms with Crippen LogP contribution in [0.1, 0.15) is 13.8 Å². The molecule has 0 fully saturated rings. The summed E-state index contributed by atoms with van der Waals surface area (Å²) in [6, 6.07) is 0. The minimum Gasteiger partial charge on any atom is -0.375 e. The number of rotatable bonds is 3. The molecule has 1 nitrogen and oxygen atoms in total. The molecule has 0 amide bonds. The van der Waals surface area contributed by atoms with Crippen LogP contribution < -0.4 is 0 Å². The molecule has 0 aliphatic carbocycles. The van der Waals surface area contributed by atoms with Gasteiger partial charge in [0.15, 0.2) is 0 Å². The maximum Gasteiger partial charge on any atom is 0.0650 e. The van der Waals surface area contributed by atoms with Crippen LogP contribution in [-0.2, 0) is 4.74 Å². The van der Waals surface area contributed by atoms with Crippen molar-refractivity contribution < 1.29 is 4.74 Å². The summed E-state index contributed by atoms with van der Waals surface area (Å²) in [5, 5.41) is 0. The average Bonchev–Trinajstić information content (AvgIpc) is 1.66. The smallest absolute Gasteiger partial charge is 0.0650 e. The first-order chi connectivity index (χ1) is 3.77. The highest BCUT2D eigenvalue weighted by molar-refractivity contribution is 4.83. The number of ether oxygens (including phenoxy) is 1. The Hall–Kier alpha value is -0.300. The maximum absolute atomic E-state index is 5.16. The van der Waals surface area contributed by atoms with Gasteiger partial charge in [0, 0.05) is 0 Å². The second-order valence-corrected chi connectivity index (χ2v) is 1.85. The predicted octanol–water partition coefficient (Wildman–Crippen LogP) is 1.80. The van der Waals surface area contributed by atoms with Crippen LogP contribution in [-0.4, -0.2) is 12.7 Å². The van der Waals surface area contributed by atoms with E-state index in [1.165, 1.54) is 0 Å². The molecule has 0 aromatic heterocycles. The molecule has 0 heterocycles. The fraction of sp³-hybridized carbons (Fsp3) is 0.571. The van der Waals surface area contributed by atoms with Crippen molar-refractivity contribution in [3.8, 4) is 0 Å². The van der Waals surface area contributed by atoms with Gasteiger partial charge in [-0.05, 0) is 20.8 Å². The maximum atomic E-state index is 5.16. The van der Waals surface area contributed by atoms with Gasteiger partial charge in [0.1, 0.15) is 0 Å². The van der Waals surface area contributed by atoms with E-state index in [0.717, 1.165) is 0 Å². The molecule has 0 aromatic carbocycles. The summed E-state index contributed by atoms with van der Waals surface area (Å²) in [5.41, 5.74) is 0. The van der Waals surface area contributed by atoms with E-state index in [4.69, 9.17) is 4.74 Å². The summed E-state index contributed by atoms with van der Waals surface area (Å²) in [5.74, 6) is 0. The van der Waals surface area contributed by atoms with Crippen LogP contribution in [0, 0.1) is 6.92 Å². The summed E-state index contributed by atoms with van der Waals surface area (Å²) in [6.07, 6.45) is 3.95. The van der Waals surface area contributed by atoms with Crippen LogP contribution in [0.5, 0.6) is 0 Å². The van der Waals surface area contributed by atoms with Crippen LogP contribution in [0.3, 0.4) is 0 Å². The quantitative estimate of drug-likeness (QED) is 0.542. The Balaban J connectivity index is 2.93. The summed E-state index contributed by atoms with van der Waals surface area (Å²) >= 11 is 0. The highest BCUT2D eigenvalue weighted by Gasteiger charge is 1.85. The lowest BCUT2D eigenvalue weighted by Crippen LogP contribution is -2.01. The first kappa shape index (κ1) is 7.70. The zero-order chi connectivity index (χ0) is 6.41. The zero-order valence-electron chi connectivity index (χ0n) is 5.55. The van der Waals surface area contributed by atoms with Crippen molar-refractivity contribution in [2.75, 3.05) is 6.61 Å². The van der Waals surface area contributed by atoms with Gasteiger partial charge >= 0.3 is 0 Å². The zero-order valence-corrected chi connectivity index (χ0v) is 5.55. The molecule has 0 aliphatic rings. The van der Waals surface area contributed by atoms with Crippen LogP contribution in [0.2, 0.25) is 0 Å². The standard InChI is InChI=1S/C7H13O/c1-4-5-6-8-7(2)3/h4-5,7H,1,6H2,2-3H3/b5-4+. The van der Waals surface area contributed by atoms with Crippen molar-refractivity contribution >= 4 is 0 Å². The molecule has 8 heavy (non-hydrogen) atoms. The SMILES string of the molecule is [CH2]/C=C/COC(C)C. The topological polar surface area (TPSA) is 9.23 Å². The summed E-state index contributed by atoms with van der Waals surface area (Å²) < 4.78 is 5.16. The Kier molecular flexibility index (Phi) is 4.67. The monoisotopic (exact) mass is 113 g/mol. The van der Waals surface area contributed by atoms with Gasteiger partial charge in [-0.3, -0.25) is 0 Å². The lowest BCUT2D eigenvalue weighted by atomic mass is 10.5. The molecule has 0 aromatic rings. The Bertz CT molecular complexity index is 64.8. The first-order valence-corrected chi connectivity index (χ1v) is 2.83. The van der Waals surface area contributed by atoms with Gasteiger partial charge in [-0.2, -0.15) is 0 Å². The minimum absolute atomic E-state index is 0.325. The van der Waals surface area contributed by atoms with Crippen LogP contribution in [0.25, 0.3) is 0 Å². The highest BCUT2D eigenvalue weighted by atomic mass is 16.5. The molecule has 0 saturated heterocycles. The Morgan fingerprint density at radius 2 is 2.25 bits per heavy atom. The van der Waals surface area contributed by atoms with E-state index in [0.29, 0.717) is 12.7 Å². The second-order valence-electron chi connectivity index (χ2n) is 1.85. The molecule has 0 aliphatic heterocycles. The normalized spacial score (nSPS) is 11.5. The lowest BCUT2D eigenvalue weighted by molar-refractivity contribution is 0.102. The molecule has 0 unspecified atom stereocenters. The van der Waals surface area contributed by atoms with Gasteiger partial charge in [-0.15, -0.1) is 0 Å². The average molecular weight is 113 g/mol. The molecule has 0 spiro atoms. The van der Waals surface area contributed by atoms with Crippen molar-refractivity contribution in [2.45, 2.75) is 20.0 Å². The molecule has 47 valence electrons. The van der Waals surface area contributed by atoms with Crippen molar-refractivity contribution in [2.24, 2.45) is 0 Å².